The lowest BCUT2D eigenvalue weighted by molar-refractivity contribution is -0.746. The summed E-state index contributed by atoms with van der Waals surface area (Å²) < 4.78 is 6.06. The van der Waals surface area contributed by atoms with Crippen molar-refractivity contribution in [2.24, 2.45) is 7.05 Å². The Bertz CT molecular complexity index is 662. The van der Waals surface area contributed by atoms with Crippen molar-refractivity contribution in [2.75, 3.05) is 7.05 Å². The van der Waals surface area contributed by atoms with Gasteiger partial charge in [-0.3, -0.25) is 9.32 Å². The van der Waals surface area contributed by atoms with Crippen LogP contribution in [-0.4, -0.2) is 23.1 Å². The number of H-pyrrole nitrogens is 1. The zero-order chi connectivity index (χ0) is 14.0. The van der Waals surface area contributed by atoms with Crippen LogP contribution >= 0.6 is 11.6 Å². The van der Waals surface area contributed by atoms with Crippen molar-refractivity contribution < 1.29 is 14.0 Å². The first-order valence-electron chi connectivity index (χ1n) is 5.56. The molecule has 0 saturated heterocycles. The highest BCUT2D eigenvalue weighted by atomic mass is 35.5. The van der Waals surface area contributed by atoms with E-state index in [1.165, 1.54) is 9.58 Å². The van der Waals surface area contributed by atoms with Gasteiger partial charge in [0.25, 0.3) is 5.91 Å². The highest BCUT2D eigenvalue weighted by molar-refractivity contribution is 6.30. The van der Waals surface area contributed by atoms with Gasteiger partial charge < -0.3 is 4.90 Å². The molecule has 2 aromatic rings. The van der Waals surface area contributed by atoms with Crippen molar-refractivity contribution in [3.63, 3.8) is 0 Å². The van der Waals surface area contributed by atoms with Crippen LogP contribution in [0.15, 0.2) is 33.6 Å². The Morgan fingerprint density at radius 2 is 2.26 bits per heavy atom. The van der Waals surface area contributed by atoms with Gasteiger partial charge >= 0.3 is 11.3 Å². The standard InChI is InChI=1S/C12H12ClN3O3/c1-15(7-10-12(18)19-14-16(10)2)11(17)8-4-3-5-9(13)6-8/h3-6H,7H2,1-2H3/p+1. The van der Waals surface area contributed by atoms with E-state index in [1.54, 1.807) is 38.4 Å². The lowest BCUT2D eigenvalue weighted by Crippen LogP contribution is -2.40. The second-order valence-corrected chi connectivity index (χ2v) is 4.59. The second kappa shape index (κ2) is 5.27. The fraction of sp³-hybridized carbons (Fsp3) is 0.250. The fourth-order valence-electron chi connectivity index (χ4n) is 1.67. The van der Waals surface area contributed by atoms with Crippen LogP contribution in [0.4, 0.5) is 0 Å². The molecule has 0 unspecified atom stereocenters. The summed E-state index contributed by atoms with van der Waals surface area (Å²) in [6.45, 7) is 0.147. The first-order chi connectivity index (χ1) is 8.99. The summed E-state index contributed by atoms with van der Waals surface area (Å²) in [5.41, 5.74) is 0.337. The van der Waals surface area contributed by atoms with Gasteiger partial charge in [-0.25, -0.2) is 4.79 Å². The predicted molar refractivity (Wildman–Crippen MR) is 67.8 cm³/mol. The molecule has 6 nitrogen and oxygen atoms in total. The molecular weight excluding hydrogens is 270 g/mol. The summed E-state index contributed by atoms with van der Waals surface area (Å²) in [5, 5.41) is 2.89. The van der Waals surface area contributed by atoms with Gasteiger partial charge in [-0.05, 0) is 23.5 Å². The Labute approximate surface area is 114 Å². The van der Waals surface area contributed by atoms with Gasteiger partial charge in [-0.2, -0.15) is 0 Å². The maximum absolute atomic E-state index is 12.2. The van der Waals surface area contributed by atoms with Gasteiger partial charge in [0.15, 0.2) is 7.05 Å². The van der Waals surface area contributed by atoms with Gasteiger partial charge in [-0.15, -0.1) is 0 Å². The zero-order valence-electron chi connectivity index (χ0n) is 10.5. The molecule has 0 spiro atoms. The molecule has 0 radical (unpaired) electrons. The summed E-state index contributed by atoms with van der Waals surface area (Å²) in [4.78, 5) is 25.0. The molecule has 0 bridgehead atoms. The third-order valence-electron chi connectivity index (χ3n) is 2.72. The molecule has 1 aromatic heterocycles. The number of nitrogens with zero attached hydrogens (tertiary/aromatic N) is 2. The molecule has 1 N–H and O–H groups in total. The lowest BCUT2D eigenvalue weighted by Gasteiger charge is -2.14. The quantitative estimate of drug-likeness (QED) is 0.843. The van der Waals surface area contributed by atoms with E-state index in [0.29, 0.717) is 16.3 Å². The zero-order valence-corrected chi connectivity index (χ0v) is 11.3. The monoisotopic (exact) mass is 282 g/mol. The Kier molecular flexibility index (Phi) is 3.71. The smallest absolute Gasteiger partial charge is 0.331 e. The number of aromatic nitrogens is 2. The van der Waals surface area contributed by atoms with E-state index in [2.05, 4.69) is 9.79 Å². The van der Waals surface area contributed by atoms with E-state index >= 15 is 0 Å². The highest BCUT2D eigenvalue weighted by Crippen LogP contribution is 2.12. The number of halogens is 1. The summed E-state index contributed by atoms with van der Waals surface area (Å²) in [6.07, 6.45) is 0. The first-order valence-corrected chi connectivity index (χ1v) is 5.94. The average Bonchev–Trinajstić information content (AvgIpc) is 2.69. The van der Waals surface area contributed by atoms with E-state index in [1.807, 2.05) is 0 Å². The summed E-state index contributed by atoms with van der Waals surface area (Å²) in [7, 11) is 3.24. The molecule has 0 atom stereocenters. The van der Waals surface area contributed by atoms with Crippen LogP contribution in [0.3, 0.4) is 0 Å². The minimum absolute atomic E-state index is 0.147. The molecule has 0 aliphatic rings. The number of aromatic amines is 1. The number of carbonyl (C=O) groups is 1. The van der Waals surface area contributed by atoms with Crippen molar-refractivity contribution in [1.29, 1.82) is 0 Å². The molecular formula is C12H13ClN3O3+. The molecule has 7 heteroatoms. The van der Waals surface area contributed by atoms with Crippen molar-refractivity contribution >= 4 is 17.5 Å². The van der Waals surface area contributed by atoms with Crippen LogP contribution in [0.1, 0.15) is 16.1 Å². The van der Waals surface area contributed by atoms with Gasteiger partial charge in [-0.1, -0.05) is 22.3 Å². The van der Waals surface area contributed by atoms with Crippen LogP contribution in [0.5, 0.6) is 0 Å². The van der Waals surface area contributed by atoms with Gasteiger partial charge in [0.05, 0.1) is 0 Å². The molecule has 0 aliphatic carbocycles. The van der Waals surface area contributed by atoms with Crippen LogP contribution in [-0.2, 0) is 13.6 Å². The van der Waals surface area contributed by atoms with Crippen LogP contribution in [0.2, 0.25) is 5.02 Å². The van der Waals surface area contributed by atoms with Gasteiger partial charge in [0.2, 0.25) is 0 Å². The summed E-state index contributed by atoms with van der Waals surface area (Å²) >= 11 is 5.84. The van der Waals surface area contributed by atoms with E-state index in [4.69, 9.17) is 11.6 Å². The van der Waals surface area contributed by atoms with Crippen molar-refractivity contribution in [3.05, 3.63) is 51.0 Å². The SMILES string of the molecule is CN(Cc1c(=O)o[nH][n+]1C)C(=O)c1cccc(Cl)c1. The molecule has 0 saturated carbocycles. The third-order valence-corrected chi connectivity index (χ3v) is 2.96. The molecule has 100 valence electrons. The van der Waals surface area contributed by atoms with E-state index < -0.39 is 5.63 Å². The highest BCUT2D eigenvalue weighted by Gasteiger charge is 2.22. The Hall–Kier alpha value is -2.08. The van der Waals surface area contributed by atoms with Crippen molar-refractivity contribution in [2.45, 2.75) is 6.54 Å². The van der Waals surface area contributed by atoms with Crippen LogP contribution in [0, 0.1) is 0 Å². The average molecular weight is 283 g/mol. The first kappa shape index (κ1) is 13.4. The summed E-state index contributed by atoms with van der Waals surface area (Å²) in [5.74, 6) is -0.219. The number of amides is 1. The molecule has 1 amide bonds. The second-order valence-electron chi connectivity index (χ2n) is 4.16. The normalized spacial score (nSPS) is 10.5. The minimum atomic E-state index is -0.492. The molecule has 19 heavy (non-hydrogen) atoms. The maximum atomic E-state index is 12.2. The summed E-state index contributed by atoms with van der Waals surface area (Å²) in [6, 6.07) is 6.65. The number of rotatable bonds is 3. The fourth-order valence-corrected chi connectivity index (χ4v) is 1.86. The largest absolute Gasteiger partial charge is 0.431 e. The number of hydrogen-bond donors (Lipinski definition) is 1. The molecule has 2 rings (SSSR count). The third kappa shape index (κ3) is 2.85. The predicted octanol–water partition coefficient (Wildman–Crippen LogP) is 0.718. The van der Waals surface area contributed by atoms with Gasteiger partial charge in [0.1, 0.15) is 6.54 Å². The number of carbonyl (C=O) groups excluding carboxylic acids is 1. The number of nitrogens with one attached hydrogen (secondary N) is 1. The molecule has 0 aliphatic heterocycles. The number of benzene rings is 1. The lowest BCUT2D eigenvalue weighted by atomic mass is 10.2. The van der Waals surface area contributed by atoms with Crippen LogP contribution < -0.4 is 10.3 Å². The number of hydrogen-bond acceptors (Lipinski definition) is 3. The van der Waals surface area contributed by atoms with E-state index in [0.717, 1.165) is 0 Å². The minimum Gasteiger partial charge on any atom is -0.331 e. The molecule has 1 heterocycles. The Balaban J connectivity index is 2.19. The van der Waals surface area contributed by atoms with Gasteiger partial charge in [0, 0.05) is 17.6 Å². The Morgan fingerprint density at radius 1 is 1.53 bits per heavy atom. The molecule has 0 fully saturated rings. The Morgan fingerprint density at radius 3 is 2.84 bits per heavy atom. The van der Waals surface area contributed by atoms with E-state index in [9.17, 15) is 9.59 Å². The van der Waals surface area contributed by atoms with E-state index in [-0.39, 0.29) is 12.5 Å². The van der Waals surface area contributed by atoms with Crippen LogP contribution in [0.25, 0.3) is 0 Å². The maximum Gasteiger partial charge on any atom is 0.431 e. The number of aryl methyl sites for hydroxylation is 1. The van der Waals surface area contributed by atoms with Crippen molar-refractivity contribution in [1.82, 2.24) is 10.2 Å². The van der Waals surface area contributed by atoms with Crippen molar-refractivity contribution in [3.8, 4) is 0 Å². The topological polar surface area (TPSA) is 70.2 Å². The molecule has 1 aromatic carbocycles.